The minimum atomic E-state index is 0.298. The zero-order valence-corrected chi connectivity index (χ0v) is 13.0. The molecule has 0 bridgehead atoms. The standard InChI is InChI=1S/C15H34NO/c1-12(2)8-16(9-13(3)4,10-14(5)6)15(7)11-17/h12-15,17H,8-11H2,1-7H3/q+1. The van der Waals surface area contributed by atoms with E-state index in [0.717, 1.165) is 4.48 Å². The first-order valence-electron chi connectivity index (χ1n) is 7.20. The lowest BCUT2D eigenvalue weighted by molar-refractivity contribution is -0.957. The van der Waals surface area contributed by atoms with Crippen LogP contribution in [0.5, 0.6) is 0 Å². The van der Waals surface area contributed by atoms with Crippen molar-refractivity contribution in [3.05, 3.63) is 0 Å². The van der Waals surface area contributed by atoms with Crippen LogP contribution in [0.1, 0.15) is 48.5 Å². The molecule has 0 aromatic heterocycles. The van der Waals surface area contributed by atoms with E-state index in [4.69, 9.17) is 0 Å². The van der Waals surface area contributed by atoms with Crippen LogP contribution in [0.2, 0.25) is 0 Å². The van der Waals surface area contributed by atoms with E-state index in [1.165, 1.54) is 19.6 Å². The van der Waals surface area contributed by atoms with Crippen LogP contribution in [0.4, 0.5) is 0 Å². The molecule has 0 saturated heterocycles. The summed E-state index contributed by atoms with van der Waals surface area (Å²) in [6.07, 6.45) is 0. The molecule has 1 N–H and O–H groups in total. The van der Waals surface area contributed by atoms with Crippen molar-refractivity contribution >= 4 is 0 Å². The van der Waals surface area contributed by atoms with E-state index in [9.17, 15) is 5.11 Å². The zero-order chi connectivity index (χ0) is 13.6. The smallest absolute Gasteiger partial charge is 0.110 e. The molecule has 1 unspecified atom stereocenters. The Balaban J connectivity index is 5.04. The Kier molecular flexibility index (Phi) is 7.34. The van der Waals surface area contributed by atoms with Gasteiger partial charge in [-0.05, 0) is 6.92 Å². The summed E-state index contributed by atoms with van der Waals surface area (Å²) < 4.78 is 1.07. The Morgan fingerprint density at radius 2 is 1.00 bits per heavy atom. The Labute approximate surface area is 109 Å². The molecule has 104 valence electrons. The molecule has 0 saturated carbocycles. The van der Waals surface area contributed by atoms with Gasteiger partial charge in [0.1, 0.15) is 6.04 Å². The lowest BCUT2D eigenvalue weighted by Crippen LogP contribution is -2.60. The van der Waals surface area contributed by atoms with Crippen LogP contribution in [0.25, 0.3) is 0 Å². The largest absolute Gasteiger partial charge is 0.390 e. The highest BCUT2D eigenvalue weighted by Crippen LogP contribution is 2.22. The van der Waals surface area contributed by atoms with Crippen molar-refractivity contribution in [3.63, 3.8) is 0 Å². The van der Waals surface area contributed by atoms with Crippen molar-refractivity contribution in [2.24, 2.45) is 17.8 Å². The Morgan fingerprint density at radius 3 is 1.18 bits per heavy atom. The maximum absolute atomic E-state index is 9.59. The second-order valence-electron chi connectivity index (χ2n) is 6.98. The second kappa shape index (κ2) is 7.38. The molecule has 0 aliphatic carbocycles. The van der Waals surface area contributed by atoms with Gasteiger partial charge in [0.25, 0.3) is 0 Å². The summed E-state index contributed by atoms with van der Waals surface area (Å²) in [7, 11) is 0. The number of nitrogens with zero attached hydrogens (tertiary/aromatic N) is 1. The van der Waals surface area contributed by atoms with Gasteiger partial charge in [0.05, 0.1) is 26.2 Å². The van der Waals surface area contributed by atoms with E-state index in [2.05, 4.69) is 48.5 Å². The van der Waals surface area contributed by atoms with Crippen LogP contribution in [0, 0.1) is 17.8 Å². The Hall–Kier alpha value is -0.0800. The molecule has 0 aromatic carbocycles. The molecule has 1 atom stereocenters. The number of aliphatic hydroxyl groups excluding tert-OH is 1. The van der Waals surface area contributed by atoms with Crippen molar-refractivity contribution in [3.8, 4) is 0 Å². The fourth-order valence-electron chi connectivity index (χ4n) is 3.12. The Morgan fingerprint density at radius 1 is 0.706 bits per heavy atom. The van der Waals surface area contributed by atoms with Gasteiger partial charge in [-0.3, -0.25) is 0 Å². The summed E-state index contributed by atoms with van der Waals surface area (Å²) in [6, 6.07) is 0.349. The van der Waals surface area contributed by atoms with E-state index in [0.29, 0.717) is 30.4 Å². The van der Waals surface area contributed by atoms with E-state index >= 15 is 0 Å². The van der Waals surface area contributed by atoms with Crippen molar-refractivity contribution in [2.45, 2.75) is 54.5 Å². The summed E-state index contributed by atoms with van der Waals surface area (Å²) in [6.45, 7) is 19.8. The molecule has 0 radical (unpaired) electrons. The summed E-state index contributed by atoms with van der Waals surface area (Å²) in [5.41, 5.74) is 0. The third kappa shape index (κ3) is 5.87. The third-order valence-corrected chi connectivity index (χ3v) is 3.39. The lowest BCUT2D eigenvalue weighted by atomic mass is 10.0. The van der Waals surface area contributed by atoms with Gasteiger partial charge in [0.15, 0.2) is 0 Å². The van der Waals surface area contributed by atoms with Crippen molar-refractivity contribution < 1.29 is 9.59 Å². The molecular formula is C15H34NO+. The highest BCUT2D eigenvalue weighted by Gasteiger charge is 2.35. The molecule has 17 heavy (non-hydrogen) atoms. The van der Waals surface area contributed by atoms with Gasteiger partial charge in [-0.2, -0.15) is 0 Å². The topological polar surface area (TPSA) is 20.2 Å². The van der Waals surface area contributed by atoms with Gasteiger partial charge in [-0.15, -0.1) is 0 Å². The quantitative estimate of drug-likeness (QED) is 0.650. The number of rotatable bonds is 8. The first-order valence-corrected chi connectivity index (χ1v) is 7.20. The third-order valence-electron chi connectivity index (χ3n) is 3.39. The van der Waals surface area contributed by atoms with Crippen molar-refractivity contribution in [1.82, 2.24) is 0 Å². The van der Waals surface area contributed by atoms with E-state index in [1.54, 1.807) is 0 Å². The molecular weight excluding hydrogens is 210 g/mol. The molecule has 0 rings (SSSR count). The van der Waals surface area contributed by atoms with Gasteiger partial charge in [-0.25, -0.2) is 0 Å². The van der Waals surface area contributed by atoms with E-state index in [1.807, 2.05) is 0 Å². The number of aliphatic hydroxyl groups is 1. The fraction of sp³-hybridized carbons (Fsp3) is 1.00. The van der Waals surface area contributed by atoms with Gasteiger partial charge < -0.3 is 9.59 Å². The Bertz CT molecular complexity index is 173. The maximum atomic E-state index is 9.59. The van der Waals surface area contributed by atoms with Gasteiger partial charge in [0, 0.05) is 17.8 Å². The summed E-state index contributed by atoms with van der Waals surface area (Å²) in [4.78, 5) is 0. The molecule has 0 fully saturated rings. The molecule has 0 aliphatic rings. The first-order chi connectivity index (χ1) is 7.73. The maximum Gasteiger partial charge on any atom is 0.110 e. The molecule has 0 aromatic rings. The summed E-state index contributed by atoms with van der Waals surface area (Å²) in [5.74, 6) is 2.05. The zero-order valence-electron chi connectivity index (χ0n) is 13.0. The average Bonchev–Trinajstić information content (AvgIpc) is 2.12. The molecule has 0 heterocycles. The molecule has 0 aliphatic heterocycles. The first kappa shape index (κ1) is 16.9. The van der Waals surface area contributed by atoms with Crippen LogP contribution in [0.15, 0.2) is 0 Å². The van der Waals surface area contributed by atoms with Crippen LogP contribution in [0.3, 0.4) is 0 Å². The fourth-order valence-corrected chi connectivity index (χ4v) is 3.12. The van der Waals surface area contributed by atoms with Crippen molar-refractivity contribution in [1.29, 1.82) is 0 Å². The predicted octanol–water partition coefficient (Wildman–Crippen LogP) is 3.15. The minimum absolute atomic E-state index is 0.298. The summed E-state index contributed by atoms with van der Waals surface area (Å²) >= 11 is 0. The van der Waals surface area contributed by atoms with Crippen LogP contribution < -0.4 is 0 Å². The molecule has 2 nitrogen and oxygen atoms in total. The van der Waals surface area contributed by atoms with E-state index < -0.39 is 0 Å². The monoisotopic (exact) mass is 244 g/mol. The molecule has 0 amide bonds. The van der Waals surface area contributed by atoms with Gasteiger partial charge in [0.2, 0.25) is 0 Å². The molecule has 0 spiro atoms. The number of hydrogen-bond donors (Lipinski definition) is 1. The van der Waals surface area contributed by atoms with Crippen LogP contribution in [-0.4, -0.2) is 41.9 Å². The van der Waals surface area contributed by atoms with Crippen molar-refractivity contribution in [2.75, 3.05) is 26.2 Å². The number of quaternary nitrogens is 1. The number of hydrogen-bond acceptors (Lipinski definition) is 1. The predicted molar refractivity (Wildman–Crippen MR) is 75.9 cm³/mol. The lowest BCUT2D eigenvalue weighted by Gasteiger charge is -2.46. The SMILES string of the molecule is CC(C)C[N+](CC(C)C)(CC(C)C)C(C)CO. The minimum Gasteiger partial charge on any atom is -0.390 e. The highest BCUT2D eigenvalue weighted by molar-refractivity contribution is 4.60. The summed E-state index contributed by atoms with van der Waals surface area (Å²) in [5, 5.41) is 9.59. The average molecular weight is 244 g/mol. The van der Waals surface area contributed by atoms with Gasteiger partial charge in [-0.1, -0.05) is 41.5 Å². The van der Waals surface area contributed by atoms with Crippen LogP contribution in [-0.2, 0) is 0 Å². The normalized spacial score (nSPS) is 15.0. The van der Waals surface area contributed by atoms with Crippen LogP contribution >= 0.6 is 0 Å². The van der Waals surface area contributed by atoms with E-state index in [-0.39, 0.29) is 0 Å². The van der Waals surface area contributed by atoms with Gasteiger partial charge >= 0.3 is 0 Å². The highest BCUT2D eigenvalue weighted by atomic mass is 16.3. The second-order valence-corrected chi connectivity index (χ2v) is 6.98. The molecule has 2 heteroatoms.